The number of nitrogens with two attached hydrogens (primary N) is 1. The van der Waals surface area contributed by atoms with E-state index in [4.69, 9.17) is 5.73 Å². The molecule has 4 heteroatoms. The third-order valence-electron chi connectivity index (χ3n) is 3.65. The van der Waals surface area contributed by atoms with Crippen molar-refractivity contribution in [2.24, 2.45) is 5.92 Å². The lowest BCUT2D eigenvalue weighted by Crippen LogP contribution is -2.37. The van der Waals surface area contributed by atoms with Gasteiger partial charge in [-0.3, -0.25) is 4.79 Å². The predicted octanol–water partition coefficient (Wildman–Crippen LogP) is 3.96. The second-order valence-corrected chi connectivity index (χ2v) is 6.63. The predicted molar refractivity (Wildman–Crippen MR) is 87.4 cm³/mol. The molecule has 108 valence electrons. The topological polar surface area (TPSA) is 55.1 Å². The van der Waals surface area contributed by atoms with Crippen LogP contribution in [0.2, 0.25) is 0 Å². The zero-order valence-corrected chi connectivity index (χ0v) is 13.3. The van der Waals surface area contributed by atoms with Gasteiger partial charge in [-0.15, -0.1) is 11.3 Å². The van der Waals surface area contributed by atoms with Crippen LogP contribution >= 0.6 is 11.3 Å². The molecule has 3 N–H and O–H groups in total. The van der Waals surface area contributed by atoms with Crippen LogP contribution < -0.4 is 11.1 Å². The monoisotopic (exact) mass is 290 g/mol. The molecule has 0 fully saturated rings. The number of hydrogen-bond donors (Lipinski definition) is 2. The molecule has 0 saturated heterocycles. The normalized spacial score (nSPS) is 12.8. The highest BCUT2D eigenvalue weighted by molar-refractivity contribution is 7.21. The Labute approximate surface area is 124 Å². The first kappa shape index (κ1) is 14.9. The molecule has 2 rings (SSSR count). The first-order chi connectivity index (χ1) is 9.43. The van der Waals surface area contributed by atoms with Gasteiger partial charge in [-0.2, -0.15) is 0 Å². The van der Waals surface area contributed by atoms with E-state index < -0.39 is 0 Å². The summed E-state index contributed by atoms with van der Waals surface area (Å²) >= 11 is 1.47. The van der Waals surface area contributed by atoms with Crippen molar-refractivity contribution in [2.45, 2.75) is 40.2 Å². The van der Waals surface area contributed by atoms with Crippen molar-refractivity contribution in [1.82, 2.24) is 5.32 Å². The number of carbonyl (C=O) groups excluding carboxylic acids is 1. The molecule has 1 aromatic heterocycles. The number of thiophene rings is 1. The maximum Gasteiger partial charge on any atom is 0.263 e. The highest BCUT2D eigenvalue weighted by Crippen LogP contribution is 2.34. The second-order valence-electron chi connectivity index (χ2n) is 5.58. The largest absolute Gasteiger partial charge is 0.397 e. The van der Waals surface area contributed by atoms with E-state index in [1.54, 1.807) is 0 Å². The van der Waals surface area contributed by atoms with Gasteiger partial charge in [0, 0.05) is 16.1 Å². The zero-order valence-electron chi connectivity index (χ0n) is 12.5. The van der Waals surface area contributed by atoms with E-state index in [9.17, 15) is 4.79 Å². The van der Waals surface area contributed by atoms with Gasteiger partial charge in [-0.05, 0) is 31.4 Å². The summed E-state index contributed by atoms with van der Waals surface area (Å²) in [6, 6.07) is 6.30. The van der Waals surface area contributed by atoms with E-state index in [-0.39, 0.29) is 11.9 Å². The molecule has 0 aliphatic heterocycles. The van der Waals surface area contributed by atoms with Crippen LogP contribution in [0.5, 0.6) is 0 Å². The molecule has 0 bridgehead atoms. The average molecular weight is 290 g/mol. The van der Waals surface area contributed by atoms with Crippen molar-refractivity contribution >= 4 is 33.0 Å². The minimum absolute atomic E-state index is 0.0538. The van der Waals surface area contributed by atoms with Crippen molar-refractivity contribution in [3.05, 3.63) is 28.6 Å². The molecule has 20 heavy (non-hydrogen) atoms. The Morgan fingerprint density at radius 2 is 2.10 bits per heavy atom. The lowest BCUT2D eigenvalue weighted by atomic mass is 10.0. The minimum atomic E-state index is -0.0538. The number of anilines is 1. The van der Waals surface area contributed by atoms with E-state index in [1.807, 2.05) is 25.1 Å². The van der Waals surface area contributed by atoms with Crippen molar-refractivity contribution < 1.29 is 4.79 Å². The smallest absolute Gasteiger partial charge is 0.263 e. The summed E-state index contributed by atoms with van der Waals surface area (Å²) in [6.07, 6.45) is 0.924. The molecule has 0 aliphatic carbocycles. The number of amides is 1. The summed E-state index contributed by atoms with van der Waals surface area (Å²) in [7, 11) is 0. The van der Waals surface area contributed by atoms with Crippen LogP contribution in [0, 0.1) is 12.8 Å². The van der Waals surface area contributed by atoms with Crippen molar-refractivity contribution in [1.29, 1.82) is 0 Å². The standard InChI is InChI=1S/C16H22N2OS/c1-5-12(9(2)3)18-16(19)15-14(17)11-8-10(4)6-7-13(11)20-15/h6-9,12H,5,17H2,1-4H3,(H,18,19). The molecule has 3 nitrogen and oxygen atoms in total. The number of fused-ring (bicyclic) bond motifs is 1. The summed E-state index contributed by atoms with van der Waals surface area (Å²) in [6.45, 7) is 8.35. The lowest BCUT2D eigenvalue weighted by Gasteiger charge is -2.20. The number of hydrogen-bond acceptors (Lipinski definition) is 3. The van der Waals surface area contributed by atoms with Gasteiger partial charge in [-0.25, -0.2) is 0 Å². The molecular formula is C16H22N2OS. The summed E-state index contributed by atoms with van der Waals surface area (Å²) in [5, 5.41) is 4.07. The Balaban J connectivity index is 2.33. The first-order valence-electron chi connectivity index (χ1n) is 7.03. The number of nitrogens with one attached hydrogen (secondary N) is 1. The molecule has 0 saturated carbocycles. The fourth-order valence-corrected chi connectivity index (χ4v) is 3.38. The minimum Gasteiger partial charge on any atom is -0.397 e. The van der Waals surface area contributed by atoms with Crippen molar-refractivity contribution in [2.75, 3.05) is 5.73 Å². The van der Waals surface area contributed by atoms with E-state index in [0.717, 1.165) is 22.1 Å². The summed E-state index contributed by atoms with van der Waals surface area (Å²) < 4.78 is 1.07. The Morgan fingerprint density at radius 1 is 1.40 bits per heavy atom. The Hall–Kier alpha value is -1.55. The average Bonchev–Trinajstić information content (AvgIpc) is 2.73. The van der Waals surface area contributed by atoms with Crippen molar-refractivity contribution in [3.63, 3.8) is 0 Å². The number of carbonyl (C=O) groups is 1. The van der Waals surface area contributed by atoms with Gasteiger partial charge in [0.1, 0.15) is 4.88 Å². The first-order valence-corrected chi connectivity index (χ1v) is 7.85. The molecule has 0 aliphatic rings. The Morgan fingerprint density at radius 3 is 2.70 bits per heavy atom. The summed E-state index contributed by atoms with van der Waals surface area (Å²) in [5.41, 5.74) is 7.91. The SMILES string of the molecule is CCC(NC(=O)c1sc2ccc(C)cc2c1N)C(C)C. The van der Waals surface area contributed by atoms with Gasteiger partial charge < -0.3 is 11.1 Å². The fourth-order valence-electron chi connectivity index (χ4n) is 2.37. The van der Waals surface area contributed by atoms with Crippen LogP contribution in [-0.2, 0) is 0 Å². The molecule has 2 aromatic rings. The van der Waals surface area contributed by atoms with E-state index >= 15 is 0 Å². The molecule has 0 radical (unpaired) electrons. The number of nitrogen functional groups attached to an aromatic ring is 1. The van der Waals surface area contributed by atoms with Gasteiger partial charge in [-0.1, -0.05) is 32.4 Å². The van der Waals surface area contributed by atoms with Gasteiger partial charge in [0.05, 0.1) is 5.69 Å². The summed E-state index contributed by atoms with van der Waals surface area (Å²) in [4.78, 5) is 13.0. The van der Waals surface area contributed by atoms with Crippen LogP contribution in [-0.4, -0.2) is 11.9 Å². The van der Waals surface area contributed by atoms with Gasteiger partial charge in [0.2, 0.25) is 0 Å². The molecule has 1 aromatic carbocycles. The lowest BCUT2D eigenvalue weighted by molar-refractivity contribution is 0.0929. The summed E-state index contributed by atoms with van der Waals surface area (Å²) in [5.74, 6) is 0.365. The molecule has 1 atom stereocenters. The number of aryl methyl sites for hydroxylation is 1. The highest BCUT2D eigenvalue weighted by Gasteiger charge is 2.20. The van der Waals surface area contributed by atoms with Gasteiger partial charge in [0.15, 0.2) is 0 Å². The van der Waals surface area contributed by atoms with Crippen LogP contribution in [0.3, 0.4) is 0 Å². The molecule has 1 amide bonds. The van der Waals surface area contributed by atoms with E-state index in [0.29, 0.717) is 16.5 Å². The van der Waals surface area contributed by atoms with Gasteiger partial charge in [0.25, 0.3) is 5.91 Å². The molecular weight excluding hydrogens is 268 g/mol. The Kier molecular flexibility index (Phi) is 4.33. The molecule has 1 unspecified atom stereocenters. The quantitative estimate of drug-likeness (QED) is 0.895. The third-order valence-corrected chi connectivity index (χ3v) is 4.83. The third kappa shape index (κ3) is 2.80. The van der Waals surface area contributed by atoms with Crippen LogP contribution in [0.1, 0.15) is 42.4 Å². The second kappa shape index (κ2) is 5.83. The zero-order chi connectivity index (χ0) is 14.9. The molecule has 0 spiro atoms. The van der Waals surface area contributed by atoms with Crippen LogP contribution in [0.15, 0.2) is 18.2 Å². The van der Waals surface area contributed by atoms with E-state index in [2.05, 4.69) is 26.1 Å². The highest BCUT2D eigenvalue weighted by atomic mass is 32.1. The number of benzene rings is 1. The van der Waals surface area contributed by atoms with Crippen molar-refractivity contribution in [3.8, 4) is 0 Å². The Bertz CT molecular complexity index is 631. The van der Waals surface area contributed by atoms with Crippen LogP contribution in [0.25, 0.3) is 10.1 Å². The maximum absolute atomic E-state index is 12.4. The maximum atomic E-state index is 12.4. The van der Waals surface area contributed by atoms with Gasteiger partial charge >= 0.3 is 0 Å². The fraction of sp³-hybridized carbons (Fsp3) is 0.438. The van der Waals surface area contributed by atoms with E-state index in [1.165, 1.54) is 11.3 Å². The van der Waals surface area contributed by atoms with Crippen LogP contribution in [0.4, 0.5) is 5.69 Å². The number of rotatable bonds is 4. The molecule has 1 heterocycles.